The molecule has 9 heteroatoms. The largest absolute Gasteiger partial charge is 0.444 e. The van der Waals surface area contributed by atoms with Gasteiger partial charge in [-0.05, 0) is 48.1 Å². The van der Waals surface area contributed by atoms with Crippen LogP contribution in [0.5, 0.6) is 0 Å². The van der Waals surface area contributed by atoms with Gasteiger partial charge in [-0.1, -0.05) is 29.8 Å². The number of carbonyl (C=O) groups excluding carboxylic acids is 1. The second-order valence-corrected chi connectivity index (χ2v) is 8.14. The van der Waals surface area contributed by atoms with E-state index in [9.17, 15) is 4.79 Å². The number of hydrogen-bond acceptors (Lipinski definition) is 6. The van der Waals surface area contributed by atoms with Crippen molar-refractivity contribution in [2.24, 2.45) is 0 Å². The highest BCUT2D eigenvalue weighted by Crippen LogP contribution is 2.39. The molecule has 1 saturated carbocycles. The average Bonchev–Trinajstić information content (AvgIpc) is 3.56. The Morgan fingerprint density at radius 2 is 2.00 bits per heavy atom. The first-order chi connectivity index (χ1) is 15.6. The highest BCUT2D eigenvalue weighted by molar-refractivity contribution is 6.30. The van der Waals surface area contributed by atoms with E-state index in [4.69, 9.17) is 16.3 Å². The number of nitrogens with one attached hydrogen (secondary N) is 2. The van der Waals surface area contributed by atoms with Crippen molar-refractivity contribution in [2.75, 3.05) is 10.6 Å². The van der Waals surface area contributed by atoms with Crippen LogP contribution < -0.4 is 10.6 Å². The van der Waals surface area contributed by atoms with Gasteiger partial charge in [0.25, 0.3) is 0 Å². The molecular weight excluding hydrogens is 428 g/mol. The number of anilines is 2. The smallest absolute Gasteiger partial charge is 0.413 e. The number of fused-ring (bicyclic) bond motifs is 1. The first kappa shape index (κ1) is 20.3. The summed E-state index contributed by atoms with van der Waals surface area (Å²) in [5.74, 6) is 1.61. The van der Waals surface area contributed by atoms with E-state index >= 15 is 0 Å². The van der Waals surface area contributed by atoms with Crippen molar-refractivity contribution in [3.8, 4) is 0 Å². The van der Waals surface area contributed by atoms with Gasteiger partial charge in [0.05, 0.1) is 12.2 Å². The van der Waals surface area contributed by atoms with Crippen LogP contribution >= 0.6 is 11.6 Å². The molecule has 1 aliphatic rings. The number of ether oxygens (including phenoxy) is 1. The Bertz CT molecular complexity index is 1270. The van der Waals surface area contributed by atoms with Crippen LogP contribution in [-0.4, -0.2) is 25.4 Å². The van der Waals surface area contributed by atoms with Crippen LogP contribution in [0.2, 0.25) is 5.02 Å². The molecular formula is C23H21ClN6O2. The molecule has 3 aromatic heterocycles. The Morgan fingerprint density at radius 1 is 1.12 bits per heavy atom. The molecule has 5 rings (SSSR count). The van der Waals surface area contributed by atoms with Crippen molar-refractivity contribution in [3.63, 3.8) is 0 Å². The fourth-order valence-electron chi connectivity index (χ4n) is 3.42. The van der Waals surface area contributed by atoms with Crippen LogP contribution in [0.25, 0.3) is 5.65 Å². The second-order valence-electron chi connectivity index (χ2n) is 7.71. The van der Waals surface area contributed by atoms with Gasteiger partial charge in [0.15, 0.2) is 0 Å². The third kappa shape index (κ3) is 4.97. The molecule has 1 aromatic carbocycles. The quantitative estimate of drug-likeness (QED) is 0.412. The van der Waals surface area contributed by atoms with Crippen LogP contribution in [0.3, 0.4) is 0 Å². The Hall–Kier alpha value is -3.65. The Kier molecular flexibility index (Phi) is 5.60. The molecule has 4 aromatic rings. The summed E-state index contributed by atoms with van der Waals surface area (Å²) in [6.07, 6.45) is 7.48. The van der Waals surface area contributed by atoms with Crippen LogP contribution in [-0.2, 0) is 17.9 Å². The van der Waals surface area contributed by atoms with Gasteiger partial charge >= 0.3 is 6.09 Å². The van der Waals surface area contributed by atoms with Crippen LogP contribution in [0.1, 0.15) is 35.6 Å². The molecule has 32 heavy (non-hydrogen) atoms. The molecule has 0 saturated heterocycles. The predicted molar refractivity (Wildman–Crippen MR) is 122 cm³/mol. The fraction of sp³-hybridized carbons (Fsp3) is 0.217. The number of aromatic nitrogens is 4. The lowest BCUT2D eigenvalue weighted by atomic mass is 10.2. The fourth-order valence-corrected chi connectivity index (χ4v) is 3.64. The lowest BCUT2D eigenvalue weighted by Crippen LogP contribution is -2.15. The normalized spacial score (nSPS) is 13.2. The van der Waals surface area contributed by atoms with Crippen molar-refractivity contribution >= 4 is 35.0 Å². The van der Waals surface area contributed by atoms with Crippen LogP contribution in [0, 0.1) is 0 Å². The van der Waals surface area contributed by atoms with Gasteiger partial charge in [0.2, 0.25) is 0 Å². The Labute approximate surface area is 189 Å². The zero-order valence-corrected chi connectivity index (χ0v) is 17.9. The van der Waals surface area contributed by atoms with E-state index in [1.807, 2.05) is 12.3 Å². The molecule has 162 valence electrons. The van der Waals surface area contributed by atoms with E-state index < -0.39 is 6.09 Å². The lowest BCUT2D eigenvalue weighted by molar-refractivity contribution is 0.155. The van der Waals surface area contributed by atoms with Gasteiger partial charge in [-0.25, -0.2) is 19.7 Å². The maximum atomic E-state index is 12.1. The number of nitrogens with zero attached hydrogens (tertiary/aromatic N) is 4. The van der Waals surface area contributed by atoms with E-state index in [-0.39, 0.29) is 6.61 Å². The van der Waals surface area contributed by atoms with Gasteiger partial charge in [0.1, 0.15) is 30.2 Å². The summed E-state index contributed by atoms with van der Waals surface area (Å²) in [5, 5.41) is 6.41. The van der Waals surface area contributed by atoms with E-state index in [0.717, 1.165) is 16.9 Å². The van der Waals surface area contributed by atoms with Gasteiger partial charge in [-0.3, -0.25) is 5.32 Å². The molecule has 2 N–H and O–H groups in total. The summed E-state index contributed by atoms with van der Waals surface area (Å²) >= 11 is 5.94. The lowest BCUT2D eigenvalue weighted by Gasteiger charge is -2.08. The minimum absolute atomic E-state index is 0.110. The van der Waals surface area contributed by atoms with Crippen LogP contribution in [0.15, 0.2) is 61.2 Å². The van der Waals surface area contributed by atoms with Crippen molar-refractivity contribution < 1.29 is 9.53 Å². The minimum atomic E-state index is -0.610. The monoisotopic (exact) mass is 448 g/mol. The number of pyridine rings is 1. The van der Waals surface area contributed by atoms with Crippen LogP contribution in [0.4, 0.5) is 16.4 Å². The highest BCUT2D eigenvalue weighted by atomic mass is 35.5. The molecule has 0 unspecified atom stereocenters. The maximum Gasteiger partial charge on any atom is 0.413 e. The summed E-state index contributed by atoms with van der Waals surface area (Å²) in [7, 11) is 0. The molecule has 0 spiro atoms. The van der Waals surface area contributed by atoms with Crippen molar-refractivity contribution in [1.29, 1.82) is 0 Å². The van der Waals surface area contributed by atoms with Crippen molar-refractivity contribution in [3.05, 3.63) is 83.0 Å². The summed E-state index contributed by atoms with van der Waals surface area (Å²) in [5.41, 5.74) is 3.98. The van der Waals surface area contributed by atoms with E-state index in [2.05, 4.69) is 48.3 Å². The number of benzene rings is 1. The topological polar surface area (TPSA) is 93.4 Å². The van der Waals surface area contributed by atoms with Gasteiger partial charge in [0, 0.05) is 23.5 Å². The SMILES string of the molecule is O=C(Nc1cc(NCc2cn3cc(C4CC4)ccc3n2)ncn1)OCc1cccc(Cl)c1. The predicted octanol–water partition coefficient (Wildman–Crippen LogP) is 5.02. The van der Waals surface area contributed by atoms with E-state index in [0.29, 0.717) is 29.1 Å². The summed E-state index contributed by atoms with van der Waals surface area (Å²) in [6.45, 7) is 0.606. The number of hydrogen-bond donors (Lipinski definition) is 2. The molecule has 1 fully saturated rings. The molecule has 1 aliphatic carbocycles. The Morgan fingerprint density at radius 3 is 2.84 bits per heavy atom. The first-order valence-electron chi connectivity index (χ1n) is 10.3. The standard InChI is InChI=1S/C23H21ClN6O2/c24-18-3-1-2-15(8-18)13-32-23(31)29-21-9-20(26-14-27-21)25-10-19-12-30-11-17(16-4-5-16)6-7-22(30)28-19/h1-3,6-9,11-12,14,16H,4-5,10,13H2,(H2,25,26,27,29,31). The molecule has 0 bridgehead atoms. The molecule has 0 aliphatic heterocycles. The van der Waals surface area contributed by atoms with Crippen molar-refractivity contribution in [2.45, 2.75) is 31.9 Å². The van der Waals surface area contributed by atoms with E-state index in [1.165, 1.54) is 24.7 Å². The van der Waals surface area contributed by atoms with Gasteiger partial charge < -0.3 is 14.5 Å². The van der Waals surface area contributed by atoms with Gasteiger partial charge in [-0.2, -0.15) is 0 Å². The number of rotatable bonds is 7. The summed E-state index contributed by atoms with van der Waals surface area (Å²) in [4.78, 5) is 25.0. The molecule has 0 radical (unpaired) electrons. The van der Waals surface area contributed by atoms with Gasteiger partial charge in [-0.15, -0.1) is 0 Å². The summed E-state index contributed by atoms with van der Waals surface area (Å²) in [6, 6.07) is 13.0. The zero-order chi connectivity index (χ0) is 21.9. The zero-order valence-electron chi connectivity index (χ0n) is 17.2. The third-order valence-corrected chi connectivity index (χ3v) is 5.41. The van der Waals surface area contributed by atoms with E-state index in [1.54, 1.807) is 24.3 Å². The minimum Gasteiger partial charge on any atom is -0.444 e. The average molecular weight is 449 g/mol. The molecule has 1 amide bonds. The van der Waals surface area contributed by atoms with Crippen molar-refractivity contribution in [1.82, 2.24) is 19.4 Å². The first-order valence-corrected chi connectivity index (χ1v) is 10.7. The third-order valence-electron chi connectivity index (χ3n) is 5.18. The number of amides is 1. The highest BCUT2D eigenvalue weighted by Gasteiger charge is 2.23. The number of imidazole rings is 1. The molecule has 3 heterocycles. The second kappa shape index (κ2) is 8.84. The molecule has 8 nitrogen and oxygen atoms in total. The summed E-state index contributed by atoms with van der Waals surface area (Å²) < 4.78 is 7.28. The maximum absolute atomic E-state index is 12.1. The Balaban J connectivity index is 1.17. The number of carbonyl (C=O) groups is 1. The molecule has 0 atom stereocenters. The number of halogens is 1.